The first-order valence-corrected chi connectivity index (χ1v) is 8.78. The Morgan fingerprint density at radius 2 is 1.42 bits per heavy atom. The van der Waals surface area contributed by atoms with Crippen LogP contribution in [0.1, 0.15) is 12.0 Å². The molecule has 0 spiro atoms. The first-order valence-electron chi connectivity index (χ1n) is 8.78. The van der Waals surface area contributed by atoms with E-state index >= 15 is 0 Å². The quantitative estimate of drug-likeness (QED) is 0.328. The molecule has 1 saturated heterocycles. The molecule has 0 bridgehead atoms. The maximum atomic E-state index is 12.5. The normalized spacial score (nSPS) is 18.5. The van der Waals surface area contributed by atoms with Gasteiger partial charge in [0, 0.05) is 38.3 Å². The molecule has 1 aliphatic rings. The van der Waals surface area contributed by atoms with E-state index in [1.54, 1.807) is 12.1 Å². The van der Waals surface area contributed by atoms with Crippen molar-refractivity contribution in [3.05, 3.63) is 39.9 Å². The molecule has 2 rings (SSSR count). The van der Waals surface area contributed by atoms with Gasteiger partial charge >= 0.3 is 0 Å². The van der Waals surface area contributed by atoms with Crippen molar-refractivity contribution in [3.63, 3.8) is 0 Å². The Balaban J connectivity index is 2.04. The Labute approximate surface area is 152 Å². The first kappa shape index (κ1) is 19.8. The molecule has 4 N–H and O–H groups in total. The van der Waals surface area contributed by atoms with E-state index < -0.39 is 10.8 Å². The van der Waals surface area contributed by atoms with E-state index in [4.69, 9.17) is 0 Å². The van der Waals surface area contributed by atoms with Crippen molar-refractivity contribution in [2.75, 3.05) is 39.3 Å². The summed E-state index contributed by atoms with van der Waals surface area (Å²) in [7, 11) is 0. The number of hydrogen-bond donors (Lipinski definition) is 4. The van der Waals surface area contributed by atoms with Gasteiger partial charge in [-0.3, -0.25) is 19.7 Å². The lowest BCUT2D eigenvalue weighted by Gasteiger charge is -2.18. The lowest BCUT2D eigenvalue weighted by atomic mass is 9.97. The number of hydrogen-bond acceptors (Lipinski definition) is 6. The standard InChI is InChI=1S/C17H25N5O4/c23-16-15(12-13-2-4-14(5-3-13)22(25)26)17(24)21-11-9-19-7-1-6-18-8-10-20-16/h2-5,15,18-19H,1,6-12H2,(H,20,23)(H,21,24). The summed E-state index contributed by atoms with van der Waals surface area (Å²) in [4.78, 5) is 35.2. The number of nitrogens with one attached hydrogen (secondary N) is 4. The average molecular weight is 363 g/mol. The maximum Gasteiger partial charge on any atom is 0.269 e. The maximum absolute atomic E-state index is 12.5. The summed E-state index contributed by atoms with van der Waals surface area (Å²) < 4.78 is 0. The monoisotopic (exact) mass is 363 g/mol. The molecular weight excluding hydrogens is 338 g/mol. The van der Waals surface area contributed by atoms with Crippen molar-refractivity contribution in [1.82, 2.24) is 21.3 Å². The molecule has 0 unspecified atom stereocenters. The number of nitro groups is 1. The van der Waals surface area contributed by atoms with Crippen molar-refractivity contribution in [2.45, 2.75) is 12.8 Å². The molecule has 9 heteroatoms. The lowest BCUT2D eigenvalue weighted by molar-refractivity contribution is -0.384. The number of amides is 2. The Hall–Kier alpha value is -2.52. The third-order valence-electron chi connectivity index (χ3n) is 4.13. The summed E-state index contributed by atoms with van der Waals surface area (Å²) >= 11 is 0. The number of benzene rings is 1. The Kier molecular flexibility index (Phi) is 7.97. The molecule has 0 aliphatic carbocycles. The van der Waals surface area contributed by atoms with Gasteiger partial charge in [-0.15, -0.1) is 0 Å². The molecular formula is C17H25N5O4. The fraction of sp³-hybridized carbons (Fsp3) is 0.529. The molecule has 9 nitrogen and oxygen atoms in total. The van der Waals surface area contributed by atoms with Crippen LogP contribution >= 0.6 is 0 Å². The van der Waals surface area contributed by atoms with Gasteiger partial charge in [0.05, 0.1) is 4.92 Å². The number of nitrogens with zero attached hydrogens (tertiary/aromatic N) is 1. The highest BCUT2D eigenvalue weighted by Crippen LogP contribution is 2.15. The molecule has 0 saturated carbocycles. The molecule has 0 atom stereocenters. The molecule has 26 heavy (non-hydrogen) atoms. The summed E-state index contributed by atoms with van der Waals surface area (Å²) in [5.41, 5.74) is 0.675. The van der Waals surface area contributed by atoms with Crippen LogP contribution in [0, 0.1) is 16.0 Å². The van der Waals surface area contributed by atoms with Crippen LogP contribution in [0.4, 0.5) is 5.69 Å². The van der Waals surface area contributed by atoms with E-state index in [9.17, 15) is 19.7 Å². The zero-order valence-corrected chi connectivity index (χ0v) is 14.6. The first-order chi connectivity index (χ1) is 12.6. The van der Waals surface area contributed by atoms with Crippen LogP contribution in [-0.4, -0.2) is 56.0 Å². The fourth-order valence-corrected chi connectivity index (χ4v) is 2.68. The third kappa shape index (κ3) is 6.41. The van der Waals surface area contributed by atoms with Gasteiger partial charge in [0.1, 0.15) is 5.92 Å². The molecule has 2 amide bonds. The molecule has 1 aromatic rings. The zero-order chi connectivity index (χ0) is 18.8. The van der Waals surface area contributed by atoms with Crippen molar-refractivity contribution in [1.29, 1.82) is 0 Å². The Bertz CT molecular complexity index is 596. The van der Waals surface area contributed by atoms with Crippen LogP contribution in [0.3, 0.4) is 0 Å². The minimum absolute atomic E-state index is 0.0224. The Morgan fingerprint density at radius 3 is 1.92 bits per heavy atom. The highest BCUT2D eigenvalue weighted by Gasteiger charge is 2.26. The molecule has 1 aromatic carbocycles. The van der Waals surface area contributed by atoms with Gasteiger partial charge < -0.3 is 21.3 Å². The van der Waals surface area contributed by atoms with Crippen molar-refractivity contribution in [3.8, 4) is 0 Å². The van der Waals surface area contributed by atoms with E-state index in [2.05, 4.69) is 21.3 Å². The minimum atomic E-state index is -0.876. The molecule has 0 radical (unpaired) electrons. The van der Waals surface area contributed by atoms with Gasteiger partial charge in [0.25, 0.3) is 5.69 Å². The van der Waals surface area contributed by atoms with Gasteiger partial charge in [-0.2, -0.15) is 0 Å². The van der Waals surface area contributed by atoms with Gasteiger partial charge in [-0.05, 0) is 31.5 Å². The summed E-state index contributed by atoms with van der Waals surface area (Å²) in [6.07, 6.45) is 1.17. The topological polar surface area (TPSA) is 125 Å². The highest BCUT2D eigenvalue weighted by atomic mass is 16.6. The predicted octanol–water partition coefficient (Wildman–Crippen LogP) is -0.431. The van der Waals surface area contributed by atoms with Crippen LogP contribution in [-0.2, 0) is 16.0 Å². The number of rotatable bonds is 3. The van der Waals surface area contributed by atoms with Gasteiger partial charge in [0.2, 0.25) is 11.8 Å². The molecule has 1 heterocycles. The van der Waals surface area contributed by atoms with E-state index in [1.165, 1.54) is 12.1 Å². The SMILES string of the molecule is O=C1NCCNCCCNCCNC(=O)C1Cc1ccc([N+](=O)[O-])cc1. The largest absolute Gasteiger partial charge is 0.354 e. The summed E-state index contributed by atoms with van der Waals surface area (Å²) in [5, 5.41) is 22.8. The third-order valence-corrected chi connectivity index (χ3v) is 4.13. The second-order valence-electron chi connectivity index (χ2n) is 6.12. The van der Waals surface area contributed by atoms with Crippen LogP contribution in [0.25, 0.3) is 0 Å². The van der Waals surface area contributed by atoms with E-state index in [-0.39, 0.29) is 23.9 Å². The van der Waals surface area contributed by atoms with E-state index in [0.717, 1.165) is 19.5 Å². The number of nitro benzene ring substituents is 1. The smallest absolute Gasteiger partial charge is 0.269 e. The average Bonchev–Trinajstić information content (AvgIpc) is 2.63. The van der Waals surface area contributed by atoms with Gasteiger partial charge in [0.15, 0.2) is 0 Å². The van der Waals surface area contributed by atoms with Crippen LogP contribution < -0.4 is 21.3 Å². The van der Waals surface area contributed by atoms with Crippen LogP contribution in [0.15, 0.2) is 24.3 Å². The molecule has 1 fully saturated rings. The minimum Gasteiger partial charge on any atom is -0.354 e. The number of non-ortho nitro benzene ring substituents is 1. The Morgan fingerprint density at radius 1 is 0.885 bits per heavy atom. The van der Waals surface area contributed by atoms with Crippen molar-refractivity contribution in [2.24, 2.45) is 5.92 Å². The fourth-order valence-electron chi connectivity index (χ4n) is 2.68. The van der Waals surface area contributed by atoms with Gasteiger partial charge in [-0.1, -0.05) is 12.1 Å². The van der Waals surface area contributed by atoms with Crippen molar-refractivity contribution >= 4 is 17.5 Å². The number of carbonyl (C=O) groups excluding carboxylic acids is 2. The van der Waals surface area contributed by atoms with Gasteiger partial charge in [-0.25, -0.2) is 0 Å². The second kappa shape index (κ2) is 10.5. The zero-order valence-electron chi connectivity index (χ0n) is 14.6. The summed E-state index contributed by atoms with van der Waals surface area (Å²) in [5.74, 6) is -1.56. The lowest BCUT2D eigenvalue weighted by Crippen LogP contribution is -2.46. The molecule has 142 valence electrons. The van der Waals surface area contributed by atoms with E-state index in [0.29, 0.717) is 31.7 Å². The predicted molar refractivity (Wildman–Crippen MR) is 96.7 cm³/mol. The second-order valence-corrected chi connectivity index (χ2v) is 6.12. The summed E-state index contributed by atoms with van der Waals surface area (Å²) in [6.45, 7) is 3.88. The summed E-state index contributed by atoms with van der Waals surface area (Å²) in [6, 6.07) is 5.91. The van der Waals surface area contributed by atoms with Crippen molar-refractivity contribution < 1.29 is 14.5 Å². The molecule has 1 aliphatic heterocycles. The molecule has 0 aromatic heterocycles. The van der Waals surface area contributed by atoms with Crippen LogP contribution in [0.2, 0.25) is 0 Å². The number of carbonyl (C=O) groups is 2. The van der Waals surface area contributed by atoms with Crippen LogP contribution in [0.5, 0.6) is 0 Å². The highest BCUT2D eigenvalue weighted by molar-refractivity contribution is 6.00. The van der Waals surface area contributed by atoms with E-state index in [1.807, 2.05) is 0 Å².